The number of allylic oxidation sites excluding steroid dienone is 2. The van der Waals surface area contributed by atoms with Gasteiger partial charge in [0.25, 0.3) is 0 Å². The summed E-state index contributed by atoms with van der Waals surface area (Å²) in [5, 5.41) is 15.4. The van der Waals surface area contributed by atoms with Crippen LogP contribution in [-0.2, 0) is 9.59 Å². The Labute approximate surface area is 99.5 Å². The highest BCUT2D eigenvalue weighted by molar-refractivity contribution is 5.88. The number of hydrogen-bond donors (Lipinski definition) is 2. The molecule has 4 nitrogen and oxygen atoms in total. The number of carboxylic acids is 2. The predicted octanol–water partition coefficient (Wildman–Crippen LogP) is 2.43. The van der Waals surface area contributed by atoms with Crippen LogP contribution in [0.3, 0.4) is 0 Å². The molecule has 0 amide bonds. The zero-order chi connectivity index (χ0) is 13.1. The third-order valence-electron chi connectivity index (χ3n) is 1.53. The number of aliphatic carboxylic acids is 2. The molecule has 0 spiro atoms. The summed E-state index contributed by atoms with van der Waals surface area (Å²) < 4.78 is 0. The van der Waals surface area contributed by atoms with Crippen LogP contribution < -0.4 is 0 Å². The number of rotatable bonds is 4. The largest absolute Gasteiger partial charge is 0.481 e. The molecule has 90 valence electrons. The lowest BCUT2D eigenvalue weighted by atomic mass is 10.2. The average Bonchev–Trinajstić information content (AvgIpc) is 2.27. The molecule has 0 saturated carbocycles. The number of carbonyl (C=O) groups is 2. The minimum atomic E-state index is -1.31. The lowest BCUT2D eigenvalue weighted by molar-refractivity contribution is -0.147. The van der Waals surface area contributed by atoms with Crippen LogP contribution in [0.4, 0.5) is 0 Å². The van der Waals surface area contributed by atoms with E-state index in [4.69, 9.17) is 10.2 Å². The van der Waals surface area contributed by atoms with Gasteiger partial charge in [0.2, 0.25) is 0 Å². The Morgan fingerprint density at radius 1 is 1.12 bits per heavy atom. The molecule has 0 aliphatic heterocycles. The van der Waals surface area contributed by atoms with Crippen molar-refractivity contribution in [2.75, 3.05) is 0 Å². The summed E-state index contributed by atoms with van der Waals surface area (Å²) in [7, 11) is 0. The van der Waals surface area contributed by atoms with Crippen molar-refractivity contribution in [3.63, 3.8) is 0 Å². The van der Waals surface area contributed by atoms with Gasteiger partial charge in [0.05, 0.1) is 0 Å². The second kappa shape index (κ2) is 8.91. The molecular weight excluding hydrogens is 220 g/mol. The van der Waals surface area contributed by atoms with Crippen molar-refractivity contribution in [2.24, 2.45) is 0 Å². The van der Waals surface area contributed by atoms with Crippen molar-refractivity contribution in [3.8, 4) is 0 Å². The number of benzene rings is 1. The summed E-state index contributed by atoms with van der Waals surface area (Å²) in [6.45, 7) is 3.59. The zero-order valence-corrected chi connectivity index (χ0v) is 9.24. The zero-order valence-electron chi connectivity index (χ0n) is 9.24. The third kappa shape index (κ3) is 9.93. The molecule has 0 saturated heterocycles. The van der Waals surface area contributed by atoms with Crippen LogP contribution in [0.5, 0.6) is 0 Å². The molecule has 17 heavy (non-hydrogen) atoms. The van der Waals surface area contributed by atoms with Gasteiger partial charge in [0.1, 0.15) is 6.42 Å². The van der Waals surface area contributed by atoms with Crippen LogP contribution in [0.15, 0.2) is 49.1 Å². The van der Waals surface area contributed by atoms with Gasteiger partial charge >= 0.3 is 11.9 Å². The van der Waals surface area contributed by atoms with Crippen LogP contribution in [-0.4, -0.2) is 22.2 Å². The van der Waals surface area contributed by atoms with Crippen molar-refractivity contribution < 1.29 is 19.8 Å². The first-order valence-corrected chi connectivity index (χ1v) is 4.84. The molecule has 0 heterocycles. The molecule has 0 radical (unpaired) electrons. The molecular formula is C13H14O4. The molecule has 0 fully saturated rings. The summed E-state index contributed by atoms with van der Waals surface area (Å²) in [5.41, 5.74) is 1.21. The molecule has 0 bridgehead atoms. The van der Waals surface area contributed by atoms with Crippen LogP contribution in [0.2, 0.25) is 0 Å². The molecule has 0 aliphatic rings. The molecule has 1 aromatic rings. The van der Waals surface area contributed by atoms with E-state index in [0.717, 1.165) is 0 Å². The predicted molar refractivity (Wildman–Crippen MR) is 65.6 cm³/mol. The van der Waals surface area contributed by atoms with Crippen LogP contribution in [0.1, 0.15) is 12.0 Å². The SMILES string of the molecule is C=CC=Cc1ccccc1.O=C(O)CC(=O)O. The average molecular weight is 234 g/mol. The quantitative estimate of drug-likeness (QED) is 0.619. The maximum Gasteiger partial charge on any atom is 0.314 e. The summed E-state index contributed by atoms with van der Waals surface area (Å²) in [6.07, 6.45) is 4.91. The maximum atomic E-state index is 9.43. The van der Waals surface area contributed by atoms with Crippen molar-refractivity contribution in [1.29, 1.82) is 0 Å². The second-order valence-corrected chi connectivity index (χ2v) is 2.97. The van der Waals surface area contributed by atoms with Crippen molar-refractivity contribution in [3.05, 3.63) is 54.6 Å². The molecule has 2 N–H and O–H groups in total. The van der Waals surface area contributed by atoms with E-state index in [1.165, 1.54) is 5.56 Å². The fourth-order valence-corrected chi connectivity index (χ4v) is 0.873. The topological polar surface area (TPSA) is 74.6 Å². The summed E-state index contributed by atoms with van der Waals surface area (Å²) >= 11 is 0. The second-order valence-electron chi connectivity index (χ2n) is 2.97. The smallest absolute Gasteiger partial charge is 0.314 e. The Morgan fingerprint density at radius 3 is 2.00 bits per heavy atom. The lowest BCUT2D eigenvalue weighted by Crippen LogP contribution is -2.03. The molecule has 1 aromatic carbocycles. The Morgan fingerprint density at radius 2 is 1.65 bits per heavy atom. The van der Waals surface area contributed by atoms with Gasteiger partial charge in [0.15, 0.2) is 0 Å². The Hall–Kier alpha value is -2.36. The first kappa shape index (κ1) is 14.6. The van der Waals surface area contributed by atoms with Crippen molar-refractivity contribution in [1.82, 2.24) is 0 Å². The summed E-state index contributed by atoms with van der Waals surface area (Å²) in [6, 6.07) is 10.1. The van der Waals surface area contributed by atoms with Gasteiger partial charge in [0, 0.05) is 0 Å². The summed E-state index contributed by atoms with van der Waals surface area (Å²) in [5.74, 6) is -2.62. The fraction of sp³-hybridized carbons (Fsp3) is 0.0769. The van der Waals surface area contributed by atoms with E-state index in [2.05, 4.69) is 18.7 Å². The molecule has 4 heteroatoms. The first-order valence-electron chi connectivity index (χ1n) is 4.84. The standard InChI is InChI=1S/C10H10.C3H4O4/c1-2-3-7-10-8-5-4-6-9-10;4-2(5)1-3(6)7/h2-9H,1H2;1H2,(H,4,5)(H,6,7). The van der Waals surface area contributed by atoms with Crippen molar-refractivity contribution >= 4 is 18.0 Å². The Kier molecular flexibility index (Phi) is 7.67. The van der Waals surface area contributed by atoms with E-state index in [1.54, 1.807) is 6.08 Å². The van der Waals surface area contributed by atoms with Crippen molar-refractivity contribution in [2.45, 2.75) is 6.42 Å². The number of hydrogen-bond acceptors (Lipinski definition) is 2. The normalized spacial score (nSPS) is 9.18. The van der Waals surface area contributed by atoms with Gasteiger partial charge in [-0.1, -0.05) is 55.1 Å². The molecule has 0 aromatic heterocycles. The lowest BCUT2D eigenvalue weighted by Gasteiger charge is -1.87. The van der Waals surface area contributed by atoms with E-state index in [-0.39, 0.29) is 0 Å². The third-order valence-corrected chi connectivity index (χ3v) is 1.53. The number of carboxylic acid groups (broad SMARTS) is 2. The van der Waals surface area contributed by atoms with E-state index in [1.807, 2.05) is 30.4 Å². The van der Waals surface area contributed by atoms with Gasteiger partial charge in [-0.15, -0.1) is 0 Å². The van der Waals surface area contributed by atoms with Gasteiger partial charge in [-0.2, -0.15) is 0 Å². The van der Waals surface area contributed by atoms with Crippen LogP contribution in [0, 0.1) is 0 Å². The van der Waals surface area contributed by atoms with E-state index in [9.17, 15) is 9.59 Å². The highest BCUT2D eigenvalue weighted by atomic mass is 16.4. The first-order chi connectivity index (χ1) is 8.06. The van der Waals surface area contributed by atoms with Gasteiger partial charge < -0.3 is 10.2 Å². The summed E-state index contributed by atoms with van der Waals surface area (Å²) in [4.78, 5) is 18.9. The highest BCUT2D eigenvalue weighted by Crippen LogP contribution is 1.99. The van der Waals surface area contributed by atoms with Gasteiger partial charge in [-0.05, 0) is 5.56 Å². The maximum absolute atomic E-state index is 9.43. The molecule has 0 unspecified atom stereocenters. The van der Waals surface area contributed by atoms with E-state index >= 15 is 0 Å². The molecule has 0 atom stereocenters. The van der Waals surface area contributed by atoms with Gasteiger partial charge in [-0.25, -0.2) is 0 Å². The fourth-order valence-electron chi connectivity index (χ4n) is 0.873. The minimum absolute atomic E-state index is 0.806. The Balaban J connectivity index is 0.000000325. The van der Waals surface area contributed by atoms with Crippen LogP contribution in [0.25, 0.3) is 6.08 Å². The van der Waals surface area contributed by atoms with E-state index in [0.29, 0.717) is 0 Å². The minimum Gasteiger partial charge on any atom is -0.481 e. The molecule has 1 rings (SSSR count). The van der Waals surface area contributed by atoms with Gasteiger partial charge in [-0.3, -0.25) is 9.59 Å². The molecule has 0 aliphatic carbocycles. The van der Waals surface area contributed by atoms with E-state index < -0.39 is 18.4 Å². The monoisotopic (exact) mass is 234 g/mol. The highest BCUT2D eigenvalue weighted by Gasteiger charge is 2.01. The Bertz CT molecular complexity index is 381. The van der Waals surface area contributed by atoms with Crippen LogP contribution >= 0.6 is 0 Å².